The fourth-order valence-electron chi connectivity index (χ4n) is 2.95. The highest BCUT2D eigenvalue weighted by Gasteiger charge is 2.03. The van der Waals surface area contributed by atoms with E-state index >= 15 is 0 Å². The molecule has 0 fully saturated rings. The van der Waals surface area contributed by atoms with Gasteiger partial charge in [-0.15, -0.1) is 6.58 Å². The summed E-state index contributed by atoms with van der Waals surface area (Å²) < 4.78 is 0. The number of aromatic amines is 1. The summed E-state index contributed by atoms with van der Waals surface area (Å²) in [5, 5.41) is 0. The van der Waals surface area contributed by atoms with E-state index in [1.807, 2.05) is 37.4 Å². The molecule has 1 aromatic heterocycles. The largest absolute Gasteiger partial charge is 0.362 e. The van der Waals surface area contributed by atoms with E-state index in [2.05, 4.69) is 66.2 Å². The van der Waals surface area contributed by atoms with E-state index in [9.17, 15) is 0 Å². The monoisotopic (exact) mass is 340 g/mol. The molecule has 2 nitrogen and oxygen atoms in total. The van der Waals surface area contributed by atoms with E-state index in [1.165, 1.54) is 16.7 Å². The minimum atomic E-state index is 0.788. The lowest BCUT2D eigenvalue weighted by molar-refractivity contribution is 1.20. The molecule has 0 saturated carbocycles. The van der Waals surface area contributed by atoms with Crippen molar-refractivity contribution in [2.24, 2.45) is 4.99 Å². The third-order valence-corrected chi connectivity index (χ3v) is 4.17. The van der Waals surface area contributed by atoms with Gasteiger partial charge in [0.2, 0.25) is 0 Å². The van der Waals surface area contributed by atoms with Gasteiger partial charge in [0.05, 0.1) is 0 Å². The lowest BCUT2D eigenvalue weighted by Crippen LogP contribution is -2.02. The molecule has 0 radical (unpaired) electrons. The topological polar surface area (TPSA) is 28.1 Å². The summed E-state index contributed by atoms with van der Waals surface area (Å²) in [7, 11) is 0. The van der Waals surface area contributed by atoms with Crippen molar-refractivity contribution < 1.29 is 0 Å². The molecule has 0 amide bonds. The van der Waals surface area contributed by atoms with Gasteiger partial charge in [-0.3, -0.25) is 4.99 Å². The van der Waals surface area contributed by atoms with Gasteiger partial charge in [-0.25, -0.2) is 0 Å². The number of nitrogens with one attached hydrogen (secondary N) is 1. The van der Waals surface area contributed by atoms with E-state index in [4.69, 9.17) is 4.99 Å². The number of H-pyrrole nitrogens is 1. The molecule has 2 heteroatoms. The van der Waals surface area contributed by atoms with Gasteiger partial charge >= 0.3 is 0 Å². The fourth-order valence-corrected chi connectivity index (χ4v) is 2.95. The van der Waals surface area contributed by atoms with Crippen LogP contribution in [0.1, 0.15) is 24.6 Å². The zero-order valence-electron chi connectivity index (χ0n) is 15.2. The van der Waals surface area contributed by atoms with E-state index in [1.54, 1.807) is 0 Å². The van der Waals surface area contributed by atoms with Crippen LogP contribution in [0.5, 0.6) is 0 Å². The minimum Gasteiger partial charge on any atom is -0.362 e. The first-order chi connectivity index (χ1) is 12.7. The average Bonchev–Trinajstić information content (AvgIpc) is 3.16. The highest BCUT2D eigenvalue weighted by atomic mass is 14.8. The maximum absolute atomic E-state index is 4.80. The van der Waals surface area contributed by atoms with Gasteiger partial charge in [0.1, 0.15) is 0 Å². The van der Waals surface area contributed by atoms with Crippen LogP contribution in [-0.2, 0) is 6.42 Å². The standard InChI is InChI=1S/C24H24N2/c1-3-8-24(26-19(2)17-23-11-7-16-25-23)18-20-12-14-22(15-13-20)21-9-5-4-6-10-21/h3-7,9-17,25H,1,8,18H2,2H3/b19-17+,26-24+. The summed E-state index contributed by atoms with van der Waals surface area (Å²) in [6.45, 7) is 5.90. The van der Waals surface area contributed by atoms with E-state index in [0.29, 0.717) is 0 Å². The summed E-state index contributed by atoms with van der Waals surface area (Å²) in [5.41, 5.74) is 6.91. The zero-order valence-corrected chi connectivity index (χ0v) is 15.2. The van der Waals surface area contributed by atoms with Gasteiger partial charge in [-0.05, 0) is 41.8 Å². The van der Waals surface area contributed by atoms with Crippen LogP contribution in [0.2, 0.25) is 0 Å². The number of nitrogens with zero attached hydrogens (tertiary/aromatic N) is 1. The van der Waals surface area contributed by atoms with Gasteiger partial charge in [0.15, 0.2) is 0 Å². The predicted molar refractivity (Wildman–Crippen MR) is 112 cm³/mol. The highest BCUT2D eigenvalue weighted by molar-refractivity contribution is 5.89. The van der Waals surface area contributed by atoms with Gasteiger partial charge in [-0.1, -0.05) is 60.7 Å². The number of rotatable bonds is 7. The number of benzene rings is 2. The number of aliphatic imine (C=N–C) groups is 1. The van der Waals surface area contributed by atoms with Crippen molar-refractivity contribution in [2.45, 2.75) is 19.8 Å². The van der Waals surface area contributed by atoms with Crippen molar-refractivity contribution in [3.63, 3.8) is 0 Å². The SMILES string of the molecule is C=CC/C(Cc1ccc(-c2ccccc2)cc1)=N\C(C)=C\c1ccc[nH]1. The Morgan fingerprint density at radius 1 is 0.962 bits per heavy atom. The number of allylic oxidation sites excluding steroid dienone is 2. The molecule has 3 aromatic rings. The lowest BCUT2D eigenvalue weighted by atomic mass is 10.0. The first-order valence-corrected chi connectivity index (χ1v) is 8.88. The van der Waals surface area contributed by atoms with Crippen molar-refractivity contribution in [2.75, 3.05) is 0 Å². The maximum atomic E-state index is 4.80. The van der Waals surface area contributed by atoms with Crippen LogP contribution in [0.4, 0.5) is 0 Å². The zero-order chi connectivity index (χ0) is 18.2. The summed E-state index contributed by atoms with van der Waals surface area (Å²) in [6.07, 6.45) is 7.51. The molecule has 130 valence electrons. The lowest BCUT2D eigenvalue weighted by Gasteiger charge is -2.07. The molecule has 26 heavy (non-hydrogen) atoms. The number of hydrogen-bond acceptors (Lipinski definition) is 1. The Hall–Kier alpha value is -3.13. The van der Waals surface area contributed by atoms with Gasteiger partial charge < -0.3 is 4.98 Å². The molecule has 0 aliphatic carbocycles. The highest BCUT2D eigenvalue weighted by Crippen LogP contribution is 2.20. The van der Waals surface area contributed by atoms with Crippen LogP contribution in [-0.4, -0.2) is 10.7 Å². The Morgan fingerprint density at radius 3 is 2.35 bits per heavy atom. The average molecular weight is 340 g/mol. The summed E-state index contributed by atoms with van der Waals surface area (Å²) >= 11 is 0. The molecular weight excluding hydrogens is 316 g/mol. The van der Waals surface area contributed by atoms with Crippen LogP contribution in [0.3, 0.4) is 0 Å². The van der Waals surface area contributed by atoms with E-state index < -0.39 is 0 Å². The van der Waals surface area contributed by atoms with Crippen LogP contribution in [0, 0.1) is 0 Å². The molecule has 0 aliphatic heterocycles. The maximum Gasteiger partial charge on any atom is 0.0398 e. The number of aromatic nitrogens is 1. The molecule has 2 aromatic carbocycles. The molecule has 0 bridgehead atoms. The molecule has 1 heterocycles. The molecule has 1 N–H and O–H groups in total. The molecule has 0 spiro atoms. The Morgan fingerprint density at radius 2 is 1.69 bits per heavy atom. The summed E-state index contributed by atoms with van der Waals surface area (Å²) in [4.78, 5) is 7.98. The van der Waals surface area contributed by atoms with Crippen molar-refractivity contribution in [3.8, 4) is 11.1 Å². The van der Waals surface area contributed by atoms with Crippen molar-refractivity contribution in [1.82, 2.24) is 4.98 Å². The third kappa shape index (κ3) is 4.93. The first-order valence-electron chi connectivity index (χ1n) is 8.88. The van der Waals surface area contributed by atoms with Crippen molar-refractivity contribution >= 4 is 11.8 Å². The summed E-state index contributed by atoms with van der Waals surface area (Å²) in [5.74, 6) is 0. The second-order valence-electron chi connectivity index (χ2n) is 6.32. The van der Waals surface area contributed by atoms with Gasteiger partial charge in [0.25, 0.3) is 0 Å². The Labute approximate surface area is 155 Å². The quantitative estimate of drug-likeness (QED) is 0.386. The second kappa shape index (κ2) is 8.82. The van der Waals surface area contributed by atoms with Crippen molar-refractivity contribution in [3.05, 3.63) is 103 Å². The molecular formula is C24H24N2. The normalized spacial score (nSPS) is 12.2. The third-order valence-electron chi connectivity index (χ3n) is 4.17. The van der Waals surface area contributed by atoms with Crippen molar-refractivity contribution in [1.29, 1.82) is 0 Å². The summed E-state index contributed by atoms with van der Waals surface area (Å²) in [6, 6.07) is 23.2. The first kappa shape index (κ1) is 17.7. The Bertz CT molecular complexity index is 883. The predicted octanol–water partition coefficient (Wildman–Crippen LogP) is 6.30. The molecule has 3 rings (SSSR count). The molecule has 0 saturated heterocycles. The van der Waals surface area contributed by atoms with Gasteiger partial charge in [0, 0.05) is 36.1 Å². The molecule has 0 aliphatic rings. The Kier molecular flexibility index (Phi) is 6.00. The smallest absolute Gasteiger partial charge is 0.0398 e. The Balaban J connectivity index is 1.75. The second-order valence-corrected chi connectivity index (χ2v) is 6.32. The fraction of sp³-hybridized carbons (Fsp3) is 0.125. The molecule has 0 atom stereocenters. The van der Waals surface area contributed by atoms with Crippen LogP contribution in [0.25, 0.3) is 17.2 Å². The van der Waals surface area contributed by atoms with Crippen LogP contribution < -0.4 is 0 Å². The van der Waals surface area contributed by atoms with Crippen LogP contribution >= 0.6 is 0 Å². The van der Waals surface area contributed by atoms with E-state index in [-0.39, 0.29) is 0 Å². The van der Waals surface area contributed by atoms with Crippen LogP contribution in [0.15, 0.2) is 96.3 Å². The number of hydrogen-bond donors (Lipinski definition) is 1. The minimum absolute atomic E-state index is 0.788. The molecule has 0 unspecified atom stereocenters. The van der Waals surface area contributed by atoms with E-state index in [0.717, 1.165) is 29.9 Å². The van der Waals surface area contributed by atoms with Gasteiger partial charge in [-0.2, -0.15) is 0 Å².